The first-order valence-corrected chi connectivity index (χ1v) is 3.08. The molecular weight excluding hydrogens is 160 g/mol. The molecule has 0 saturated carbocycles. The van der Waals surface area contributed by atoms with Crippen LogP contribution in [0.4, 0.5) is 11.8 Å². The maximum absolute atomic E-state index is 8.36. The highest BCUT2D eigenvalue weighted by Gasteiger charge is 1.88. The fourth-order valence-electron chi connectivity index (χ4n) is 0.493. The van der Waals surface area contributed by atoms with Gasteiger partial charge in [0.25, 0.3) is 6.47 Å². The van der Waals surface area contributed by atoms with Crippen LogP contribution in [0.3, 0.4) is 0 Å². The van der Waals surface area contributed by atoms with Gasteiger partial charge < -0.3 is 16.2 Å². The standard InChI is InChI=1S/C5H8N4.CH2O2/c1-7-5-8-3-2-4(6)9-5;2-1-3/h2-3H,1H3,(H3,6,7,8,9);1H,(H,2,3). The molecule has 1 heterocycles. The van der Waals surface area contributed by atoms with E-state index in [1.807, 2.05) is 0 Å². The molecule has 0 atom stereocenters. The van der Waals surface area contributed by atoms with E-state index in [1.54, 1.807) is 19.3 Å². The summed E-state index contributed by atoms with van der Waals surface area (Å²) in [6, 6.07) is 1.64. The molecule has 66 valence electrons. The third-order valence-corrected chi connectivity index (χ3v) is 0.901. The second-order valence-electron chi connectivity index (χ2n) is 1.66. The van der Waals surface area contributed by atoms with Crippen molar-refractivity contribution in [3.8, 4) is 0 Å². The first-order chi connectivity index (χ1) is 5.74. The van der Waals surface area contributed by atoms with Crippen molar-refractivity contribution in [2.45, 2.75) is 0 Å². The molecule has 1 aromatic heterocycles. The van der Waals surface area contributed by atoms with E-state index in [2.05, 4.69) is 15.3 Å². The summed E-state index contributed by atoms with van der Waals surface area (Å²) >= 11 is 0. The van der Waals surface area contributed by atoms with Crippen LogP contribution in [0, 0.1) is 0 Å². The molecule has 0 amide bonds. The van der Waals surface area contributed by atoms with Gasteiger partial charge in [-0.2, -0.15) is 4.98 Å². The van der Waals surface area contributed by atoms with Crippen molar-refractivity contribution < 1.29 is 9.90 Å². The number of nitrogens with one attached hydrogen (secondary N) is 1. The van der Waals surface area contributed by atoms with Crippen molar-refractivity contribution in [3.05, 3.63) is 12.3 Å². The van der Waals surface area contributed by atoms with Gasteiger partial charge in [0.05, 0.1) is 0 Å². The molecule has 0 bridgehead atoms. The van der Waals surface area contributed by atoms with Gasteiger partial charge >= 0.3 is 0 Å². The van der Waals surface area contributed by atoms with Crippen molar-refractivity contribution >= 4 is 18.2 Å². The Morgan fingerprint density at radius 1 is 1.75 bits per heavy atom. The summed E-state index contributed by atoms with van der Waals surface area (Å²) in [5, 5.41) is 9.65. The predicted molar refractivity (Wildman–Crippen MR) is 44.7 cm³/mol. The third kappa shape index (κ3) is 4.04. The summed E-state index contributed by atoms with van der Waals surface area (Å²) in [4.78, 5) is 16.1. The van der Waals surface area contributed by atoms with Crippen LogP contribution in [0.15, 0.2) is 12.3 Å². The molecule has 0 aliphatic heterocycles. The van der Waals surface area contributed by atoms with Gasteiger partial charge in [0.1, 0.15) is 5.82 Å². The Balaban J connectivity index is 0.000000354. The van der Waals surface area contributed by atoms with Gasteiger partial charge in [-0.1, -0.05) is 0 Å². The molecule has 0 radical (unpaired) electrons. The number of nitrogens with zero attached hydrogens (tertiary/aromatic N) is 2. The zero-order valence-electron chi connectivity index (χ0n) is 6.56. The van der Waals surface area contributed by atoms with Crippen LogP contribution in [-0.2, 0) is 4.79 Å². The Hall–Kier alpha value is -1.85. The second kappa shape index (κ2) is 5.90. The monoisotopic (exact) mass is 170 g/mol. The number of nitrogens with two attached hydrogens (primary N) is 1. The summed E-state index contributed by atoms with van der Waals surface area (Å²) in [5.74, 6) is 1.03. The Kier molecular flexibility index (Phi) is 4.99. The minimum Gasteiger partial charge on any atom is -0.483 e. The van der Waals surface area contributed by atoms with Crippen LogP contribution in [0.5, 0.6) is 0 Å². The lowest BCUT2D eigenvalue weighted by Crippen LogP contribution is -1.98. The van der Waals surface area contributed by atoms with E-state index in [0.29, 0.717) is 11.8 Å². The van der Waals surface area contributed by atoms with Gasteiger partial charge in [0.15, 0.2) is 0 Å². The SMILES string of the molecule is CNc1nccc(N)n1.O=CO. The Labute approximate surface area is 69.5 Å². The zero-order valence-corrected chi connectivity index (χ0v) is 6.56. The maximum atomic E-state index is 8.36. The Bertz CT molecular complexity index is 241. The van der Waals surface area contributed by atoms with Crippen LogP contribution in [0.25, 0.3) is 0 Å². The number of carboxylic acid groups (broad SMARTS) is 1. The molecule has 0 aromatic carbocycles. The lowest BCUT2D eigenvalue weighted by atomic mass is 10.6. The lowest BCUT2D eigenvalue weighted by Gasteiger charge is -1.95. The van der Waals surface area contributed by atoms with Crippen molar-refractivity contribution in [2.75, 3.05) is 18.1 Å². The number of hydrogen-bond donors (Lipinski definition) is 3. The molecule has 4 N–H and O–H groups in total. The quantitative estimate of drug-likeness (QED) is 0.504. The first kappa shape index (κ1) is 10.2. The highest BCUT2D eigenvalue weighted by Crippen LogP contribution is 1.98. The van der Waals surface area contributed by atoms with Crippen LogP contribution < -0.4 is 11.1 Å². The molecule has 6 heteroatoms. The molecule has 0 aliphatic rings. The van der Waals surface area contributed by atoms with E-state index < -0.39 is 0 Å². The van der Waals surface area contributed by atoms with Crippen LogP contribution in [0.1, 0.15) is 0 Å². The summed E-state index contributed by atoms with van der Waals surface area (Å²) in [5.41, 5.74) is 5.34. The van der Waals surface area contributed by atoms with Gasteiger partial charge in [-0.3, -0.25) is 4.79 Å². The van der Waals surface area contributed by atoms with E-state index in [9.17, 15) is 0 Å². The highest BCUT2D eigenvalue weighted by molar-refractivity contribution is 5.34. The lowest BCUT2D eigenvalue weighted by molar-refractivity contribution is -0.122. The molecule has 1 aromatic rings. The third-order valence-electron chi connectivity index (χ3n) is 0.901. The van der Waals surface area contributed by atoms with Crippen LogP contribution in [-0.4, -0.2) is 28.6 Å². The molecule has 0 aliphatic carbocycles. The topological polar surface area (TPSA) is 101 Å². The average Bonchev–Trinajstić information content (AvgIpc) is 2.06. The van der Waals surface area contributed by atoms with E-state index in [0.717, 1.165) is 0 Å². The normalized spacial score (nSPS) is 7.75. The minimum absolute atomic E-state index is 0.250. The average molecular weight is 170 g/mol. The molecule has 0 fully saturated rings. The van der Waals surface area contributed by atoms with Crippen molar-refractivity contribution in [1.82, 2.24) is 9.97 Å². The number of hydrogen-bond acceptors (Lipinski definition) is 5. The highest BCUT2D eigenvalue weighted by atomic mass is 16.3. The van der Waals surface area contributed by atoms with Crippen molar-refractivity contribution in [2.24, 2.45) is 0 Å². The smallest absolute Gasteiger partial charge is 0.290 e. The molecular formula is C6H10N4O2. The van der Waals surface area contributed by atoms with Gasteiger partial charge in [-0.05, 0) is 6.07 Å². The van der Waals surface area contributed by atoms with Crippen LogP contribution in [0.2, 0.25) is 0 Å². The number of rotatable bonds is 1. The molecule has 6 nitrogen and oxygen atoms in total. The van der Waals surface area contributed by atoms with Crippen molar-refractivity contribution in [1.29, 1.82) is 0 Å². The maximum Gasteiger partial charge on any atom is 0.290 e. The van der Waals surface area contributed by atoms with Gasteiger partial charge in [0, 0.05) is 13.2 Å². The number of anilines is 2. The van der Waals surface area contributed by atoms with Gasteiger partial charge in [-0.25, -0.2) is 4.98 Å². The predicted octanol–water partition coefficient (Wildman–Crippen LogP) is -0.199. The van der Waals surface area contributed by atoms with E-state index >= 15 is 0 Å². The van der Waals surface area contributed by atoms with Gasteiger partial charge in [0.2, 0.25) is 5.95 Å². The van der Waals surface area contributed by atoms with Crippen molar-refractivity contribution in [3.63, 3.8) is 0 Å². The summed E-state index contributed by atoms with van der Waals surface area (Å²) in [6.45, 7) is -0.250. The van der Waals surface area contributed by atoms with E-state index in [4.69, 9.17) is 15.6 Å². The largest absolute Gasteiger partial charge is 0.483 e. The summed E-state index contributed by atoms with van der Waals surface area (Å²) < 4.78 is 0. The number of carbonyl (C=O) groups is 1. The fourth-order valence-corrected chi connectivity index (χ4v) is 0.493. The first-order valence-electron chi connectivity index (χ1n) is 3.08. The number of nitrogen functional groups attached to an aromatic ring is 1. The number of aromatic nitrogens is 2. The summed E-state index contributed by atoms with van der Waals surface area (Å²) in [6.07, 6.45) is 1.61. The second-order valence-corrected chi connectivity index (χ2v) is 1.66. The molecule has 0 unspecified atom stereocenters. The Morgan fingerprint density at radius 3 is 2.67 bits per heavy atom. The van der Waals surface area contributed by atoms with E-state index in [1.165, 1.54) is 0 Å². The molecule has 0 saturated heterocycles. The minimum atomic E-state index is -0.250. The zero-order chi connectivity index (χ0) is 9.40. The fraction of sp³-hybridized carbons (Fsp3) is 0.167. The molecule has 0 spiro atoms. The Morgan fingerprint density at radius 2 is 2.33 bits per heavy atom. The molecule has 1 rings (SSSR count). The van der Waals surface area contributed by atoms with Gasteiger partial charge in [-0.15, -0.1) is 0 Å². The summed E-state index contributed by atoms with van der Waals surface area (Å²) in [7, 11) is 1.74. The molecule has 12 heavy (non-hydrogen) atoms. The van der Waals surface area contributed by atoms with Crippen LogP contribution >= 0.6 is 0 Å². The van der Waals surface area contributed by atoms with E-state index in [-0.39, 0.29) is 6.47 Å².